The Bertz CT molecular complexity index is 534. The highest BCUT2D eigenvalue weighted by Gasteiger charge is 2.31. The summed E-state index contributed by atoms with van der Waals surface area (Å²) in [7, 11) is 0. The SMILES string of the molecule is Cc1c(NN)nc(C(C)C)nc1N1CCOCC1C(N)=O. The van der Waals surface area contributed by atoms with Crippen LogP contribution < -0.4 is 21.9 Å². The molecule has 1 aliphatic rings. The van der Waals surface area contributed by atoms with E-state index in [-0.39, 0.29) is 12.5 Å². The van der Waals surface area contributed by atoms with Gasteiger partial charge < -0.3 is 20.8 Å². The fourth-order valence-corrected chi connectivity index (χ4v) is 2.29. The molecule has 1 aromatic heterocycles. The first kappa shape index (κ1) is 15.5. The molecule has 0 aliphatic carbocycles. The molecule has 1 fully saturated rings. The average molecular weight is 294 g/mol. The van der Waals surface area contributed by atoms with E-state index in [0.717, 1.165) is 5.56 Å². The number of nitrogens with two attached hydrogens (primary N) is 2. The van der Waals surface area contributed by atoms with E-state index in [1.807, 2.05) is 25.7 Å². The first-order valence-electron chi connectivity index (χ1n) is 6.94. The van der Waals surface area contributed by atoms with Crippen molar-refractivity contribution in [3.05, 3.63) is 11.4 Å². The summed E-state index contributed by atoms with van der Waals surface area (Å²) in [5.41, 5.74) is 8.85. The number of carbonyl (C=O) groups is 1. The lowest BCUT2D eigenvalue weighted by Gasteiger charge is -2.35. The molecule has 2 heterocycles. The van der Waals surface area contributed by atoms with Gasteiger partial charge in [-0.05, 0) is 6.92 Å². The molecule has 116 valence electrons. The van der Waals surface area contributed by atoms with Gasteiger partial charge in [0.05, 0.1) is 13.2 Å². The van der Waals surface area contributed by atoms with Gasteiger partial charge in [-0.3, -0.25) is 4.79 Å². The molecule has 0 aromatic carbocycles. The lowest BCUT2D eigenvalue weighted by Crippen LogP contribution is -2.53. The number of anilines is 2. The molecular formula is C13H22N6O2. The van der Waals surface area contributed by atoms with Crippen molar-refractivity contribution in [2.75, 3.05) is 30.1 Å². The zero-order valence-electron chi connectivity index (χ0n) is 12.6. The molecule has 1 aromatic rings. The Balaban J connectivity index is 2.49. The smallest absolute Gasteiger partial charge is 0.242 e. The molecule has 0 saturated carbocycles. The number of carbonyl (C=O) groups excluding carboxylic acids is 1. The van der Waals surface area contributed by atoms with Gasteiger partial charge in [-0.2, -0.15) is 0 Å². The van der Waals surface area contributed by atoms with E-state index in [1.54, 1.807) is 0 Å². The van der Waals surface area contributed by atoms with Crippen LogP contribution in [-0.4, -0.2) is 41.7 Å². The second kappa shape index (κ2) is 6.23. The lowest BCUT2D eigenvalue weighted by molar-refractivity contribution is -0.121. The van der Waals surface area contributed by atoms with Crippen molar-refractivity contribution < 1.29 is 9.53 Å². The molecule has 8 heteroatoms. The topological polar surface area (TPSA) is 119 Å². The van der Waals surface area contributed by atoms with Gasteiger partial charge in [-0.25, -0.2) is 15.8 Å². The van der Waals surface area contributed by atoms with Crippen LogP contribution in [0.1, 0.15) is 31.2 Å². The highest BCUT2D eigenvalue weighted by molar-refractivity contribution is 5.84. The number of hydrogen-bond donors (Lipinski definition) is 3. The summed E-state index contributed by atoms with van der Waals surface area (Å²) in [5.74, 6) is 7.14. The summed E-state index contributed by atoms with van der Waals surface area (Å²) < 4.78 is 5.34. The highest BCUT2D eigenvalue weighted by Crippen LogP contribution is 2.27. The van der Waals surface area contributed by atoms with Crippen LogP contribution in [-0.2, 0) is 9.53 Å². The fourth-order valence-electron chi connectivity index (χ4n) is 2.29. The Morgan fingerprint density at radius 1 is 1.48 bits per heavy atom. The second-order valence-corrected chi connectivity index (χ2v) is 5.36. The normalized spacial score (nSPS) is 18.9. The van der Waals surface area contributed by atoms with Crippen LogP contribution in [0.5, 0.6) is 0 Å². The van der Waals surface area contributed by atoms with E-state index in [9.17, 15) is 4.79 Å². The van der Waals surface area contributed by atoms with Crippen LogP contribution in [0.25, 0.3) is 0 Å². The van der Waals surface area contributed by atoms with E-state index in [1.165, 1.54) is 0 Å². The van der Waals surface area contributed by atoms with Gasteiger partial charge in [-0.1, -0.05) is 13.8 Å². The third-order valence-electron chi connectivity index (χ3n) is 3.52. The van der Waals surface area contributed by atoms with Gasteiger partial charge in [0.15, 0.2) is 0 Å². The van der Waals surface area contributed by atoms with Gasteiger partial charge in [-0.15, -0.1) is 0 Å². The van der Waals surface area contributed by atoms with E-state index < -0.39 is 11.9 Å². The maximum atomic E-state index is 11.6. The third-order valence-corrected chi connectivity index (χ3v) is 3.52. The van der Waals surface area contributed by atoms with Crippen LogP contribution >= 0.6 is 0 Å². The minimum absolute atomic E-state index is 0.143. The van der Waals surface area contributed by atoms with Crippen molar-refractivity contribution in [2.45, 2.75) is 32.7 Å². The molecule has 8 nitrogen and oxygen atoms in total. The molecule has 2 rings (SSSR count). The van der Waals surface area contributed by atoms with Crippen molar-refractivity contribution in [1.29, 1.82) is 0 Å². The molecule has 1 unspecified atom stereocenters. The summed E-state index contributed by atoms with van der Waals surface area (Å²) in [6.45, 7) is 7.20. The van der Waals surface area contributed by atoms with Gasteiger partial charge >= 0.3 is 0 Å². The molecule has 0 bridgehead atoms. The lowest BCUT2D eigenvalue weighted by atomic mass is 10.1. The number of hydrazine groups is 1. The average Bonchev–Trinajstić information content (AvgIpc) is 2.47. The predicted octanol–water partition coefficient (Wildman–Crippen LogP) is -0.115. The van der Waals surface area contributed by atoms with Crippen molar-refractivity contribution in [1.82, 2.24) is 9.97 Å². The Morgan fingerprint density at radius 2 is 2.19 bits per heavy atom. The number of nitrogens with zero attached hydrogens (tertiary/aromatic N) is 3. The predicted molar refractivity (Wildman–Crippen MR) is 79.8 cm³/mol. The molecule has 1 amide bonds. The van der Waals surface area contributed by atoms with Crippen LogP contribution in [0.2, 0.25) is 0 Å². The van der Waals surface area contributed by atoms with E-state index in [2.05, 4.69) is 15.4 Å². The first-order chi connectivity index (χ1) is 9.95. The Kier molecular flexibility index (Phi) is 4.59. The van der Waals surface area contributed by atoms with Crippen molar-refractivity contribution >= 4 is 17.5 Å². The summed E-state index contributed by atoms with van der Waals surface area (Å²) in [6, 6.07) is -0.530. The zero-order chi connectivity index (χ0) is 15.6. The van der Waals surface area contributed by atoms with Crippen molar-refractivity contribution in [3.63, 3.8) is 0 Å². The maximum absolute atomic E-state index is 11.6. The summed E-state index contributed by atoms with van der Waals surface area (Å²) >= 11 is 0. The molecule has 1 atom stereocenters. The summed E-state index contributed by atoms with van der Waals surface area (Å²) in [5, 5.41) is 0. The first-order valence-corrected chi connectivity index (χ1v) is 6.94. The van der Waals surface area contributed by atoms with Gasteiger partial charge in [0, 0.05) is 18.0 Å². The summed E-state index contributed by atoms with van der Waals surface area (Å²) in [4.78, 5) is 22.5. The van der Waals surface area contributed by atoms with Gasteiger partial charge in [0.25, 0.3) is 0 Å². The summed E-state index contributed by atoms with van der Waals surface area (Å²) in [6.07, 6.45) is 0. The van der Waals surface area contributed by atoms with Crippen LogP contribution in [0.4, 0.5) is 11.6 Å². The van der Waals surface area contributed by atoms with E-state index >= 15 is 0 Å². The zero-order valence-corrected chi connectivity index (χ0v) is 12.6. The second-order valence-electron chi connectivity index (χ2n) is 5.36. The number of primary amides is 1. The maximum Gasteiger partial charge on any atom is 0.242 e. The number of rotatable bonds is 4. The molecule has 1 aliphatic heterocycles. The van der Waals surface area contributed by atoms with Crippen LogP contribution in [0.3, 0.4) is 0 Å². The van der Waals surface area contributed by atoms with Crippen molar-refractivity contribution in [3.8, 4) is 0 Å². The van der Waals surface area contributed by atoms with Crippen LogP contribution in [0.15, 0.2) is 0 Å². The minimum Gasteiger partial charge on any atom is -0.377 e. The highest BCUT2D eigenvalue weighted by atomic mass is 16.5. The van der Waals surface area contributed by atoms with Crippen LogP contribution in [0, 0.1) is 6.92 Å². The molecule has 21 heavy (non-hydrogen) atoms. The van der Waals surface area contributed by atoms with E-state index in [0.29, 0.717) is 30.6 Å². The Morgan fingerprint density at radius 3 is 2.76 bits per heavy atom. The Hall–Kier alpha value is -1.93. The number of nitrogen functional groups attached to an aromatic ring is 1. The number of amides is 1. The number of aromatic nitrogens is 2. The third kappa shape index (κ3) is 3.06. The standard InChI is InChI=1S/C13H22N6O2/c1-7(2)11-16-12(18-15)8(3)13(17-11)19-4-5-21-6-9(19)10(14)20/h7,9H,4-6,15H2,1-3H3,(H2,14,20)(H,16,17,18). The fraction of sp³-hybridized carbons (Fsp3) is 0.615. The Labute approximate surface area is 123 Å². The molecular weight excluding hydrogens is 272 g/mol. The van der Waals surface area contributed by atoms with Crippen molar-refractivity contribution in [2.24, 2.45) is 11.6 Å². The number of nitrogens with one attached hydrogen (secondary N) is 1. The van der Waals surface area contributed by atoms with Gasteiger partial charge in [0.1, 0.15) is 23.5 Å². The molecule has 5 N–H and O–H groups in total. The molecule has 0 spiro atoms. The molecule has 1 saturated heterocycles. The minimum atomic E-state index is -0.530. The number of morpholine rings is 1. The van der Waals surface area contributed by atoms with Gasteiger partial charge in [0.2, 0.25) is 5.91 Å². The van der Waals surface area contributed by atoms with E-state index in [4.69, 9.17) is 16.3 Å². The monoisotopic (exact) mass is 294 g/mol. The molecule has 0 radical (unpaired) electrons. The largest absolute Gasteiger partial charge is 0.377 e. The number of ether oxygens (including phenoxy) is 1. The quantitative estimate of drug-likeness (QED) is 0.523. The number of hydrogen-bond acceptors (Lipinski definition) is 7.